The Balaban J connectivity index is 2.34. The van der Waals surface area contributed by atoms with Crippen molar-refractivity contribution in [3.8, 4) is 0 Å². The summed E-state index contributed by atoms with van der Waals surface area (Å²) in [6.07, 6.45) is 2.66. The minimum atomic E-state index is -0.871. The molecule has 2 heteroatoms. The topological polar surface area (TPSA) is 20.2 Å². The molecule has 1 aromatic carbocycles. The van der Waals surface area contributed by atoms with E-state index in [0.717, 1.165) is 18.4 Å². The van der Waals surface area contributed by atoms with Crippen LogP contribution in [0.5, 0.6) is 0 Å². The first-order chi connectivity index (χ1) is 8.24. The summed E-state index contributed by atoms with van der Waals surface area (Å²) in [5, 5.41) is 10.9. The van der Waals surface area contributed by atoms with Gasteiger partial charge in [-0.25, -0.2) is 4.39 Å². The van der Waals surface area contributed by atoms with Crippen LogP contribution in [0.3, 0.4) is 0 Å². The molecule has 0 radical (unpaired) electrons. The summed E-state index contributed by atoms with van der Waals surface area (Å²) in [6, 6.07) is 5.13. The van der Waals surface area contributed by atoms with Crippen molar-refractivity contribution in [1.82, 2.24) is 0 Å². The quantitative estimate of drug-likeness (QED) is 0.793. The Hall–Kier alpha value is -0.890. The van der Waals surface area contributed by atoms with Crippen molar-refractivity contribution in [2.75, 3.05) is 0 Å². The highest BCUT2D eigenvalue weighted by Crippen LogP contribution is 2.48. The number of halogens is 1. The van der Waals surface area contributed by atoms with E-state index in [4.69, 9.17) is 0 Å². The summed E-state index contributed by atoms with van der Waals surface area (Å²) >= 11 is 0. The van der Waals surface area contributed by atoms with Gasteiger partial charge in [0.25, 0.3) is 0 Å². The number of aliphatic hydroxyl groups is 1. The van der Waals surface area contributed by atoms with E-state index < -0.39 is 5.60 Å². The third-order valence-corrected chi connectivity index (χ3v) is 4.53. The minimum absolute atomic E-state index is 0.156. The number of hydrogen-bond donors (Lipinski definition) is 1. The van der Waals surface area contributed by atoms with Gasteiger partial charge in [-0.05, 0) is 54.7 Å². The minimum Gasteiger partial charge on any atom is -0.385 e. The number of benzene rings is 1. The SMILES string of the molecule is Cc1ccc(C2(O)CCC(C)(C)CC2C)cc1F. The van der Waals surface area contributed by atoms with Gasteiger partial charge in [-0.2, -0.15) is 0 Å². The normalized spacial score (nSPS) is 31.3. The van der Waals surface area contributed by atoms with Crippen LogP contribution in [0.2, 0.25) is 0 Å². The third-order valence-electron chi connectivity index (χ3n) is 4.53. The van der Waals surface area contributed by atoms with Gasteiger partial charge in [0.1, 0.15) is 5.82 Å². The Kier molecular flexibility index (Phi) is 3.26. The van der Waals surface area contributed by atoms with Crippen LogP contribution in [-0.4, -0.2) is 5.11 Å². The summed E-state index contributed by atoms with van der Waals surface area (Å²) in [6.45, 7) is 8.28. The van der Waals surface area contributed by atoms with E-state index in [9.17, 15) is 9.50 Å². The van der Waals surface area contributed by atoms with Crippen molar-refractivity contribution >= 4 is 0 Å². The maximum atomic E-state index is 13.7. The van der Waals surface area contributed by atoms with Crippen LogP contribution in [0.25, 0.3) is 0 Å². The van der Waals surface area contributed by atoms with Crippen molar-refractivity contribution in [2.45, 2.75) is 52.6 Å². The molecule has 2 atom stereocenters. The van der Waals surface area contributed by atoms with Crippen LogP contribution >= 0.6 is 0 Å². The molecule has 1 aromatic rings. The maximum absolute atomic E-state index is 13.7. The summed E-state index contributed by atoms with van der Waals surface area (Å²) in [5.41, 5.74) is 0.763. The molecule has 2 unspecified atom stereocenters. The lowest BCUT2D eigenvalue weighted by Gasteiger charge is -2.45. The molecular weight excluding hydrogens is 227 g/mol. The molecule has 1 aliphatic carbocycles. The van der Waals surface area contributed by atoms with Gasteiger partial charge in [-0.1, -0.05) is 32.9 Å². The lowest BCUT2D eigenvalue weighted by Crippen LogP contribution is -2.41. The fourth-order valence-electron chi connectivity index (χ4n) is 3.17. The average Bonchev–Trinajstić information content (AvgIpc) is 2.27. The average molecular weight is 250 g/mol. The molecule has 18 heavy (non-hydrogen) atoms. The van der Waals surface area contributed by atoms with E-state index in [2.05, 4.69) is 20.8 Å². The first-order valence-electron chi connectivity index (χ1n) is 6.74. The maximum Gasteiger partial charge on any atom is 0.126 e. The summed E-state index contributed by atoms with van der Waals surface area (Å²) in [5.74, 6) is -0.0682. The molecule has 1 aliphatic rings. The monoisotopic (exact) mass is 250 g/mol. The highest BCUT2D eigenvalue weighted by Gasteiger charge is 2.43. The Morgan fingerprint density at radius 1 is 1.28 bits per heavy atom. The van der Waals surface area contributed by atoms with Crippen molar-refractivity contribution in [1.29, 1.82) is 0 Å². The second-order valence-electron chi connectivity index (χ2n) is 6.66. The Labute approximate surface area is 109 Å². The predicted octanol–water partition coefficient (Wildman–Crippen LogP) is 4.17. The molecule has 1 saturated carbocycles. The standard InChI is InChI=1S/C16H23FO/c1-11-5-6-13(9-14(11)17)16(18)8-7-15(3,4)10-12(16)2/h5-6,9,12,18H,7-8,10H2,1-4H3. The Morgan fingerprint density at radius 3 is 2.50 bits per heavy atom. The molecule has 0 aromatic heterocycles. The van der Waals surface area contributed by atoms with Crippen molar-refractivity contribution in [3.63, 3.8) is 0 Å². The molecule has 0 aliphatic heterocycles. The summed E-state index contributed by atoms with van der Waals surface area (Å²) < 4.78 is 13.7. The van der Waals surface area contributed by atoms with Gasteiger partial charge >= 0.3 is 0 Å². The van der Waals surface area contributed by atoms with Crippen LogP contribution in [0.4, 0.5) is 4.39 Å². The second-order valence-corrected chi connectivity index (χ2v) is 6.66. The van der Waals surface area contributed by atoms with Gasteiger partial charge in [0.05, 0.1) is 5.60 Å². The molecule has 0 bridgehead atoms. The van der Waals surface area contributed by atoms with E-state index in [1.54, 1.807) is 13.0 Å². The number of aryl methyl sites for hydroxylation is 1. The largest absolute Gasteiger partial charge is 0.385 e. The van der Waals surface area contributed by atoms with Crippen LogP contribution < -0.4 is 0 Å². The molecule has 0 heterocycles. The predicted molar refractivity (Wildman–Crippen MR) is 71.8 cm³/mol. The number of rotatable bonds is 1. The Morgan fingerprint density at radius 2 is 1.94 bits per heavy atom. The lowest BCUT2D eigenvalue weighted by atomic mass is 9.63. The van der Waals surface area contributed by atoms with Crippen LogP contribution in [0.1, 0.15) is 51.2 Å². The van der Waals surface area contributed by atoms with E-state index in [1.165, 1.54) is 6.07 Å². The molecule has 0 amide bonds. The van der Waals surface area contributed by atoms with Gasteiger partial charge < -0.3 is 5.11 Å². The smallest absolute Gasteiger partial charge is 0.126 e. The fraction of sp³-hybridized carbons (Fsp3) is 0.625. The van der Waals surface area contributed by atoms with Gasteiger partial charge in [0.2, 0.25) is 0 Å². The molecule has 2 rings (SSSR count). The van der Waals surface area contributed by atoms with Gasteiger partial charge in [0, 0.05) is 0 Å². The van der Waals surface area contributed by atoms with Crippen molar-refractivity contribution < 1.29 is 9.50 Å². The molecule has 100 valence electrons. The van der Waals surface area contributed by atoms with Gasteiger partial charge in [-0.15, -0.1) is 0 Å². The van der Waals surface area contributed by atoms with Crippen LogP contribution in [0, 0.1) is 24.1 Å². The van der Waals surface area contributed by atoms with Crippen molar-refractivity contribution in [3.05, 3.63) is 35.1 Å². The van der Waals surface area contributed by atoms with Crippen molar-refractivity contribution in [2.24, 2.45) is 11.3 Å². The zero-order valence-electron chi connectivity index (χ0n) is 11.8. The first kappa shape index (κ1) is 13.5. The Bertz CT molecular complexity index is 452. The fourth-order valence-corrected chi connectivity index (χ4v) is 3.17. The van der Waals surface area contributed by atoms with Crippen LogP contribution in [-0.2, 0) is 5.60 Å². The van der Waals surface area contributed by atoms with E-state index >= 15 is 0 Å². The second kappa shape index (κ2) is 4.34. The number of hydrogen-bond acceptors (Lipinski definition) is 1. The highest BCUT2D eigenvalue weighted by atomic mass is 19.1. The zero-order chi connectivity index (χ0) is 13.6. The molecule has 1 fully saturated rings. The molecule has 1 nitrogen and oxygen atoms in total. The van der Waals surface area contributed by atoms with Gasteiger partial charge in [-0.3, -0.25) is 0 Å². The lowest BCUT2D eigenvalue weighted by molar-refractivity contribution is -0.0771. The summed E-state index contributed by atoms with van der Waals surface area (Å²) in [4.78, 5) is 0. The zero-order valence-corrected chi connectivity index (χ0v) is 11.8. The first-order valence-corrected chi connectivity index (χ1v) is 6.74. The molecule has 1 N–H and O–H groups in total. The van der Waals surface area contributed by atoms with E-state index in [1.807, 2.05) is 6.07 Å². The highest BCUT2D eigenvalue weighted by molar-refractivity contribution is 5.29. The third kappa shape index (κ3) is 2.31. The van der Waals surface area contributed by atoms with Crippen LogP contribution in [0.15, 0.2) is 18.2 Å². The van der Waals surface area contributed by atoms with E-state index in [0.29, 0.717) is 12.0 Å². The van der Waals surface area contributed by atoms with Gasteiger partial charge in [0.15, 0.2) is 0 Å². The van der Waals surface area contributed by atoms with E-state index in [-0.39, 0.29) is 17.2 Å². The molecule has 0 spiro atoms. The summed E-state index contributed by atoms with van der Waals surface area (Å²) in [7, 11) is 0. The molecular formula is C16H23FO. The molecule has 0 saturated heterocycles.